The second kappa shape index (κ2) is 7.44. The van der Waals surface area contributed by atoms with E-state index in [0.29, 0.717) is 13.1 Å². The Morgan fingerprint density at radius 2 is 1.54 bits per heavy atom. The van der Waals surface area contributed by atoms with Gasteiger partial charge < -0.3 is 14.4 Å². The van der Waals surface area contributed by atoms with Gasteiger partial charge in [0, 0.05) is 44.8 Å². The molecule has 0 bridgehead atoms. The van der Waals surface area contributed by atoms with Gasteiger partial charge in [0.05, 0.1) is 0 Å². The molecule has 3 heterocycles. The molecule has 1 aromatic carbocycles. The molecule has 0 spiro atoms. The summed E-state index contributed by atoms with van der Waals surface area (Å²) in [5, 5.41) is 0. The van der Waals surface area contributed by atoms with E-state index < -0.39 is 0 Å². The molecule has 5 nitrogen and oxygen atoms in total. The Labute approximate surface area is 153 Å². The minimum atomic E-state index is -0.312. The molecule has 1 atom stereocenters. The van der Waals surface area contributed by atoms with Crippen molar-refractivity contribution < 1.29 is 4.79 Å². The fourth-order valence-corrected chi connectivity index (χ4v) is 3.47. The molecular formula is C21H22N4O. The zero-order valence-corrected chi connectivity index (χ0v) is 14.6. The monoisotopic (exact) mass is 346 g/mol. The van der Waals surface area contributed by atoms with Gasteiger partial charge in [-0.05, 0) is 29.8 Å². The molecule has 3 aromatic rings. The van der Waals surface area contributed by atoms with Gasteiger partial charge in [-0.1, -0.05) is 36.4 Å². The normalized spacial score (nSPS) is 15.7. The van der Waals surface area contributed by atoms with Crippen LogP contribution in [0.25, 0.3) is 0 Å². The minimum Gasteiger partial charge on any atom is -0.353 e. The van der Waals surface area contributed by atoms with E-state index in [1.165, 1.54) is 0 Å². The second-order valence-corrected chi connectivity index (χ2v) is 6.44. The lowest BCUT2D eigenvalue weighted by Crippen LogP contribution is -2.51. The maximum Gasteiger partial charge on any atom is 0.250 e. The zero-order valence-electron chi connectivity index (χ0n) is 14.6. The predicted octanol–water partition coefficient (Wildman–Crippen LogP) is 2.82. The summed E-state index contributed by atoms with van der Waals surface area (Å²) in [5.41, 5.74) is 1.01. The van der Waals surface area contributed by atoms with Crippen LogP contribution in [0.4, 0.5) is 5.82 Å². The summed E-state index contributed by atoms with van der Waals surface area (Å²) in [6, 6.07) is 19.5. The van der Waals surface area contributed by atoms with Gasteiger partial charge in [0.1, 0.15) is 11.9 Å². The van der Waals surface area contributed by atoms with Crippen molar-refractivity contribution >= 4 is 11.7 Å². The van der Waals surface area contributed by atoms with Gasteiger partial charge in [0.15, 0.2) is 0 Å². The molecule has 2 aromatic heterocycles. The number of pyridine rings is 1. The molecule has 1 amide bonds. The smallest absolute Gasteiger partial charge is 0.250 e. The van der Waals surface area contributed by atoms with E-state index in [-0.39, 0.29) is 11.9 Å². The molecule has 1 aliphatic heterocycles. The van der Waals surface area contributed by atoms with E-state index in [1.54, 1.807) is 0 Å². The van der Waals surface area contributed by atoms with Gasteiger partial charge in [0.25, 0.3) is 0 Å². The number of anilines is 1. The van der Waals surface area contributed by atoms with Crippen molar-refractivity contribution in [2.75, 3.05) is 31.1 Å². The quantitative estimate of drug-likeness (QED) is 0.729. The van der Waals surface area contributed by atoms with Crippen LogP contribution >= 0.6 is 0 Å². The Kier molecular flexibility index (Phi) is 4.69. The molecule has 1 saturated heterocycles. The Bertz CT molecular complexity index is 825. The lowest BCUT2D eigenvalue weighted by molar-refractivity contribution is -0.133. The van der Waals surface area contributed by atoms with E-state index in [2.05, 4.69) is 9.88 Å². The highest BCUT2D eigenvalue weighted by atomic mass is 16.2. The lowest BCUT2D eigenvalue weighted by atomic mass is 10.0. The topological polar surface area (TPSA) is 41.4 Å². The third-order valence-electron chi connectivity index (χ3n) is 4.84. The molecule has 132 valence electrons. The first-order chi connectivity index (χ1) is 12.8. The molecule has 1 aliphatic rings. The van der Waals surface area contributed by atoms with Crippen LogP contribution in [0, 0.1) is 0 Å². The minimum absolute atomic E-state index is 0.146. The van der Waals surface area contributed by atoms with Gasteiger partial charge in [-0.2, -0.15) is 0 Å². The average Bonchev–Trinajstić information content (AvgIpc) is 3.24. The maximum absolute atomic E-state index is 13.3. The van der Waals surface area contributed by atoms with E-state index in [1.807, 2.05) is 88.7 Å². The van der Waals surface area contributed by atoms with E-state index >= 15 is 0 Å². The maximum atomic E-state index is 13.3. The fraction of sp³-hybridized carbons (Fsp3) is 0.238. The van der Waals surface area contributed by atoms with Crippen LogP contribution in [0.1, 0.15) is 11.6 Å². The SMILES string of the molecule is O=C([C@H](c1ccccc1)n1cccc1)N1CCN(c2ccccn2)CC1. The second-order valence-electron chi connectivity index (χ2n) is 6.44. The van der Waals surface area contributed by atoms with E-state index in [4.69, 9.17) is 0 Å². The van der Waals surface area contributed by atoms with Crippen molar-refractivity contribution in [2.24, 2.45) is 0 Å². The van der Waals surface area contributed by atoms with Gasteiger partial charge in [-0.25, -0.2) is 4.98 Å². The number of carbonyl (C=O) groups is 1. The summed E-state index contributed by atoms with van der Waals surface area (Å²) in [6.07, 6.45) is 5.73. The van der Waals surface area contributed by atoms with Crippen LogP contribution in [0.15, 0.2) is 79.3 Å². The average molecular weight is 346 g/mol. The number of piperazine rings is 1. The summed E-state index contributed by atoms with van der Waals surface area (Å²) in [7, 11) is 0. The molecule has 0 N–H and O–H groups in total. The number of benzene rings is 1. The van der Waals surface area contributed by atoms with Gasteiger partial charge in [-0.15, -0.1) is 0 Å². The first-order valence-corrected chi connectivity index (χ1v) is 8.95. The highest BCUT2D eigenvalue weighted by Gasteiger charge is 2.29. The summed E-state index contributed by atoms with van der Waals surface area (Å²) in [5.74, 6) is 1.12. The van der Waals surface area contributed by atoms with Crippen molar-refractivity contribution in [3.8, 4) is 0 Å². The number of aromatic nitrogens is 2. The summed E-state index contributed by atoms with van der Waals surface area (Å²) in [6.45, 7) is 3.02. The number of hydrogen-bond donors (Lipinski definition) is 0. The van der Waals surface area contributed by atoms with Crippen LogP contribution < -0.4 is 4.90 Å². The Hall–Kier alpha value is -3.08. The van der Waals surface area contributed by atoms with Gasteiger partial charge in [0.2, 0.25) is 5.91 Å². The first-order valence-electron chi connectivity index (χ1n) is 8.95. The third kappa shape index (κ3) is 3.33. The number of carbonyl (C=O) groups excluding carboxylic acids is 1. The van der Waals surface area contributed by atoms with E-state index in [9.17, 15) is 4.79 Å². The van der Waals surface area contributed by atoms with Crippen LogP contribution in [-0.2, 0) is 4.79 Å². The predicted molar refractivity (Wildman–Crippen MR) is 102 cm³/mol. The Balaban J connectivity index is 1.51. The van der Waals surface area contributed by atoms with Crippen LogP contribution in [0.5, 0.6) is 0 Å². The van der Waals surface area contributed by atoms with Gasteiger partial charge in [-0.3, -0.25) is 4.79 Å². The molecule has 0 radical (unpaired) electrons. The molecule has 0 unspecified atom stereocenters. The van der Waals surface area contributed by atoms with Crippen LogP contribution in [0.3, 0.4) is 0 Å². The highest BCUT2D eigenvalue weighted by molar-refractivity contribution is 5.84. The van der Waals surface area contributed by atoms with Crippen LogP contribution in [-0.4, -0.2) is 46.5 Å². The summed E-state index contributed by atoms with van der Waals surface area (Å²) >= 11 is 0. The zero-order chi connectivity index (χ0) is 17.8. The first kappa shape index (κ1) is 16.4. The van der Waals surface area contributed by atoms with Crippen molar-refractivity contribution in [3.05, 3.63) is 84.8 Å². The van der Waals surface area contributed by atoms with E-state index in [0.717, 1.165) is 24.5 Å². The number of rotatable bonds is 4. The summed E-state index contributed by atoms with van der Waals surface area (Å²) in [4.78, 5) is 21.9. The third-order valence-corrected chi connectivity index (χ3v) is 4.84. The number of nitrogens with zero attached hydrogens (tertiary/aromatic N) is 4. The van der Waals surface area contributed by atoms with Crippen molar-refractivity contribution in [1.29, 1.82) is 0 Å². The number of hydrogen-bond acceptors (Lipinski definition) is 3. The Morgan fingerprint density at radius 3 is 2.19 bits per heavy atom. The Morgan fingerprint density at radius 1 is 0.846 bits per heavy atom. The highest BCUT2D eigenvalue weighted by Crippen LogP contribution is 2.23. The molecule has 1 fully saturated rings. The number of amides is 1. The molecular weight excluding hydrogens is 324 g/mol. The lowest BCUT2D eigenvalue weighted by Gasteiger charge is -2.37. The van der Waals surface area contributed by atoms with Crippen molar-refractivity contribution in [1.82, 2.24) is 14.5 Å². The molecule has 5 heteroatoms. The molecule has 26 heavy (non-hydrogen) atoms. The standard InChI is InChI=1S/C21H22N4O/c26-21(20(24-12-6-7-13-24)18-8-2-1-3-9-18)25-16-14-23(15-17-25)19-10-4-5-11-22-19/h1-13,20H,14-17H2/t20-/m0/s1. The molecule has 4 rings (SSSR count). The van der Waals surface area contributed by atoms with Crippen molar-refractivity contribution in [2.45, 2.75) is 6.04 Å². The fourth-order valence-electron chi connectivity index (χ4n) is 3.47. The van der Waals surface area contributed by atoms with Gasteiger partial charge >= 0.3 is 0 Å². The largest absolute Gasteiger partial charge is 0.353 e. The van der Waals surface area contributed by atoms with Crippen molar-refractivity contribution in [3.63, 3.8) is 0 Å². The molecule has 0 saturated carbocycles. The van der Waals surface area contributed by atoms with Crippen LogP contribution in [0.2, 0.25) is 0 Å². The summed E-state index contributed by atoms with van der Waals surface area (Å²) < 4.78 is 1.99. The molecule has 0 aliphatic carbocycles.